The molecule has 0 aromatic carbocycles. The highest BCUT2D eigenvalue weighted by Gasteiger charge is 2.08. The van der Waals surface area contributed by atoms with E-state index in [1.165, 1.54) is 0 Å². The third-order valence-corrected chi connectivity index (χ3v) is 2.58. The van der Waals surface area contributed by atoms with Gasteiger partial charge < -0.3 is 11.1 Å². The molecule has 18 heavy (non-hydrogen) atoms. The van der Waals surface area contributed by atoms with Crippen LogP contribution >= 0.6 is 0 Å². The second-order valence-corrected chi connectivity index (χ2v) is 4.41. The molecule has 6 heteroatoms. The Balaban J connectivity index is 2.26. The average Bonchev–Trinajstić information content (AvgIpc) is 2.72. The highest BCUT2D eigenvalue weighted by Crippen LogP contribution is 2.18. The Labute approximate surface area is 105 Å². The Morgan fingerprint density at radius 2 is 2.28 bits per heavy atom. The van der Waals surface area contributed by atoms with Crippen LogP contribution in [0.1, 0.15) is 26.3 Å². The van der Waals surface area contributed by atoms with Gasteiger partial charge in [-0.2, -0.15) is 5.10 Å². The maximum absolute atomic E-state index is 11.4. The van der Waals surface area contributed by atoms with Crippen molar-refractivity contribution in [2.75, 3.05) is 11.9 Å². The molecule has 0 spiro atoms. The number of pyridine rings is 1. The predicted octanol–water partition coefficient (Wildman–Crippen LogP) is 1.30. The second-order valence-electron chi connectivity index (χ2n) is 4.41. The standard InChI is InChI=1S/C12H17N5O/c1-8(2)17-12-9(6-15-17)5-10(7-14-12)16-11(18)3-4-13/h5-8H,3-4,13H2,1-2H3,(H,16,18). The number of nitrogens with two attached hydrogens (primary N) is 1. The molecule has 0 aliphatic rings. The van der Waals surface area contributed by atoms with Gasteiger partial charge in [0.25, 0.3) is 0 Å². The number of nitrogens with one attached hydrogen (secondary N) is 1. The Morgan fingerprint density at radius 1 is 1.50 bits per heavy atom. The average molecular weight is 247 g/mol. The van der Waals surface area contributed by atoms with Crippen LogP contribution in [0.5, 0.6) is 0 Å². The molecule has 2 rings (SSSR count). The van der Waals surface area contributed by atoms with Crippen molar-refractivity contribution in [2.45, 2.75) is 26.3 Å². The van der Waals surface area contributed by atoms with Crippen LogP contribution in [0, 0.1) is 0 Å². The van der Waals surface area contributed by atoms with Crippen LogP contribution in [0.4, 0.5) is 5.69 Å². The van der Waals surface area contributed by atoms with Gasteiger partial charge >= 0.3 is 0 Å². The van der Waals surface area contributed by atoms with Gasteiger partial charge in [-0.25, -0.2) is 9.67 Å². The number of fused-ring (bicyclic) bond motifs is 1. The van der Waals surface area contributed by atoms with Crippen molar-refractivity contribution in [3.05, 3.63) is 18.5 Å². The molecule has 0 bridgehead atoms. The van der Waals surface area contributed by atoms with Crippen LogP contribution in [0.25, 0.3) is 11.0 Å². The van der Waals surface area contributed by atoms with E-state index in [2.05, 4.69) is 15.4 Å². The van der Waals surface area contributed by atoms with Crippen LogP contribution in [0.2, 0.25) is 0 Å². The zero-order valence-corrected chi connectivity index (χ0v) is 10.6. The minimum atomic E-state index is -0.102. The zero-order chi connectivity index (χ0) is 13.1. The summed E-state index contributed by atoms with van der Waals surface area (Å²) in [6.07, 6.45) is 3.70. The summed E-state index contributed by atoms with van der Waals surface area (Å²) in [5.41, 5.74) is 6.81. The monoisotopic (exact) mass is 247 g/mol. The molecule has 2 heterocycles. The molecule has 0 saturated heterocycles. The minimum Gasteiger partial charge on any atom is -0.330 e. The quantitative estimate of drug-likeness (QED) is 0.852. The lowest BCUT2D eigenvalue weighted by Crippen LogP contribution is -2.16. The van der Waals surface area contributed by atoms with Gasteiger partial charge in [-0.05, 0) is 19.9 Å². The first-order valence-corrected chi connectivity index (χ1v) is 5.95. The van der Waals surface area contributed by atoms with Crippen molar-refractivity contribution in [2.24, 2.45) is 5.73 Å². The molecule has 0 aliphatic carbocycles. The van der Waals surface area contributed by atoms with E-state index in [1.54, 1.807) is 12.4 Å². The SMILES string of the molecule is CC(C)n1ncc2cc(NC(=O)CCN)cnc21. The number of carbonyl (C=O) groups is 1. The maximum atomic E-state index is 11.4. The van der Waals surface area contributed by atoms with Crippen LogP contribution < -0.4 is 11.1 Å². The lowest BCUT2D eigenvalue weighted by atomic mass is 10.3. The summed E-state index contributed by atoms with van der Waals surface area (Å²) in [6, 6.07) is 2.12. The van der Waals surface area contributed by atoms with Crippen molar-refractivity contribution in [1.82, 2.24) is 14.8 Å². The van der Waals surface area contributed by atoms with Gasteiger partial charge in [-0.3, -0.25) is 4.79 Å². The molecule has 0 unspecified atom stereocenters. The van der Waals surface area contributed by atoms with Crippen LogP contribution in [0.15, 0.2) is 18.5 Å². The zero-order valence-electron chi connectivity index (χ0n) is 10.6. The summed E-state index contributed by atoms with van der Waals surface area (Å²) in [7, 11) is 0. The van der Waals surface area contributed by atoms with Gasteiger partial charge in [-0.15, -0.1) is 0 Å². The fourth-order valence-corrected chi connectivity index (χ4v) is 1.74. The normalized spacial score (nSPS) is 11.1. The number of rotatable bonds is 4. The lowest BCUT2D eigenvalue weighted by molar-refractivity contribution is -0.116. The summed E-state index contributed by atoms with van der Waals surface area (Å²) in [5, 5.41) is 7.94. The lowest BCUT2D eigenvalue weighted by Gasteiger charge is -2.07. The number of amides is 1. The number of nitrogens with zero attached hydrogens (tertiary/aromatic N) is 3. The summed E-state index contributed by atoms with van der Waals surface area (Å²) < 4.78 is 1.85. The molecule has 0 atom stereocenters. The number of anilines is 1. The first-order valence-electron chi connectivity index (χ1n) is 5.95. The molecule has 0 radical (unpaired) electrons. The number of hydrogen-bond acceptors (Lipinski definition) is 4. The number of aromatic nitrogens is 3. The van der Waals surface area contributed by atoms with Crippen molar-refractivity contribution in [3.8, 4) is 0 Å². The molecular weight excluding hydrogens is 230 g/mol. The molecule has 6 nitrogen and oxygen atoms in total. The summed E-state index contributed by atoms with van der Waals surface area (Å²) >= 11 is 0. The van der Waals surface area contributed by atoms with Crippen molar-refractivity contribution >= 4 is 22.6 Å². The third-order valence-electron chi connectivity index (χ3n) is 2.58. The molecule has 3 N–H and O–H groups in total. The number of hydrogen-bond donors (Lipinski definition) is 2. The van der Waals surface area contributed by atoms with Gasteiger partial charge in [-0.1, -0.05) is 0 Å². The molecule has 2 aromatic rings. The Morgan fingerprint density at radius 3 is 2.94 bits per heavy atom. The summed E-state index contributed by atoms with van der Waals surface area (Å²) in [4.78, 5) is 15.8. The Kier molecular flexibility index (Phi) is 3.57. The topological polar surface area (TPSA) is 85.8 Å². The van der Waals surface area contributed by atoms with E-state index in [9.17, 15) is 4.79 Å². The fraction of sp³-hybridized carbons (Fsp3) is 0.417. The van der Waals surface area contributed by atoms with E-state index in [0.717, 1.165) is 11.0 Å². The second kappa shape index (κ2) is 5.14. The fourth-order valence-electron chi connectivity index (χ4n) is 1.74. The van der Waals surface area contributed by atoms with Crippen molar-refractivity contribution in [3.63, 3.8) is 0 Å². The predicted molar refractivity (Wildman–Crippen MR) is 70.2 cm³/mol. The van der Waals surface area contributed by atoms with Gasteiger partial charge in [0.05, 0.1) is 18.1 Å². The summed E-state index contributed by atoms with van der Waals surface area (Å²) in [6.45, 7) is 4.43. The van der Waals surface area contributed by atoms with Gasteiger partial charge in [0, 0.05) is 24.4 Å². The molecule has 1 amide bonds. The molecule has 0 aliphatic heterocycles. The molecular formula is C12H17N5O. The van der Waals surface area contributed by atoms with E-state index in [4.69, 9.17) is 5.73 Å². The highest BCUT2D eigenvalue weighted by molar-refractivity contribution is 5.92. The summed E-state index contributed by atoms with van der Waals surface area (Å²) in [5.74, 6) is -0.102. The van der Waals surface area contributed by atoms with Gasteiger partial charge in [0.1, 0.15) is 0 Å². The molecule has 0 saturated carbocycles. The number of carbonyl (C=O) groups excluding carboxylic acids is 1. The third kappa shape index (κ3) is 2.48. The molecule has 0 fully saturated rings. The van der Waals surface area contributed by atoms with Crippen molar-refractivity contribution < 1.29 is 4.79 Å². The van der Waals surface area contributed by atoms with E-state index in [-0.39, 0.29) is 11.9 Å². The van der Waals surface area contributed by atoms with E-state index in [1.807, 2.05) is 24.6 Å². The first kappa shape index (κ1) is 12.5. The minimum absolute atomic E-state index is 0.102. The molecule has 96 valence electrons. The molecule has 2 aromatic heterocycles. The smallest absolute Gasteiger partial charge is 0.225 e. The van der Waals surface area contributed by atoms with E-state index < -0.39 is 0 Å². The van der Waals surface area contributed by atoms with E-state index >= 15 is 0 Å². The Bertz CT molecular complexity index is 561. The van der Waals surface area contributed by atoms with Crippen LogP contribution in [-0.2, 0) is 4.79 Å². The maximum Gasteiger partial charge on any atom is 0.225 e. The van der Waals surface area contributed by atoms with E-state index in [0.29, 0.717) is 18.7 Å². The first-order chi connectivity index (χ1) is 8.61. The van der Waals surface area contributed by atoms with Crippen LogP contribution in [0.3, 0.4) is 0 Å². The largest absolute Gasteiger partial charge is 0.330 e. The van der Waals surface area contributed by atoms with Gasteiger partial charge in [0.2, 0.25) is 5.91 Å². The Hall–Kier alpha value is -1.95. The van der Waals surface area contributed by atoms with Crippen molar-refractivity contribution in [1.29, 1.82) is 0 Å². The van der Waals surface area contributed by atoms with Gasteiger partial charge in [0.15, 0.2) is 5.65 Å². The highest BCUT2D eigenvalue weighted by atomic mass is 16.1. The van der Waals surface area contributed by atoms with Crippen LogP contribution in [-0.4, -0.2) is 27.2 Å².